The Morgan fingerprint density at radius 2 is 1.58 bits per heavy atom. The van der Waals surface area contributed by atoms with Gasteiger partial charge in [0.15, 0.2) is 5.82 Å². The number of H-pyrrole nitrogens is 1. The fourth-order valence-electron chi connectivity index (χ4n) is 3.65. The molecule has 0 spiro atoms. The Kier molecular flexibility index (Phi) is 3.60. The number of piperazine rings is 1. The van der Waals surface area contributed by atoms with Gasteiger partial charge in [0.1, 0.15) is 16.9 Å². The number of nitrogens with one attached hydrogen (secondary N) is 1. The normalized spacial score (nSPS) is 15.8. The van der Waals surface area contributed by atoms with Crippen LogP contribution in [-0.2, 0) is 0 Å². The fraction of sp³-hybridized carbons (Fsp3) is 0.238. The van der Waals surface area contributed by atoms with Crippen LogP contribution in [0.25, 0.3) is 33.3 Å². The SMILES string of the molecule is CN1CCN(c2nc3ccccc3c3nc(-c4ccccc4)[nH]c23)CC1. The maximum absolute atomic E-state index is 5.00. The number of para-hydroxylation sites is 1. The predicted molar refractivity (Wildman–Crippen MR) is 107 cm³/mol. The first kappa shape index (κ1) is 15.3. The number of anilines is 1. The Morgan fingerprint density at radius 3 is 2.38 bits per heavy atom. The number of nitrogens with zero attached hydrogens (tertiary/aromatic N) is 4. The largest absolute Gasteiger partial charge is 0.352 e. The van der Waals surface area contributed by atoms with E-state index in [1.165, 1.54) is 0 Å². The highest BCUT2D eigenvalue weighted by Gasteiger charge is 2.21. The molecule has 26 heavy (non-hydrogen) atoms. The molecule has 0 atom stereocenters. The number of hydrogen-bond acceptors (Lipinski definition) is 4. The summed E-state index contributed by atoms with van der Waals surface area (Å²) in [6.45, 7) is 4.07. The summed E-state index contributed by atoms with van der Waals surface area (Å²) in [7, 11) is 2.17. The molecule has 4 aromatic rings. The van der Waals surface area contributed by atoms with Crippen molar-refractivity contribution >= 4 is 27.8 Å². The first-order valence-corrected chi connectivity index (χ1v) is 9.07. The van der Waals surface area contributed by atoms with Gasteiger partial charge in [-0.2, -0.15) is 0 Å². The summed E-state index contributed by atoms with van der Waals surface area (Å²) in [5.74, 6) is 1.91. The number of aromatic nitrogens is 3. The third-order valence-electron chi connectivity index (χ3n) is 5.16. The van der Waals surface area contributed by atoms with Crippen molar-refractivity contribution in [2.75, 3.05) is 38.1 Å². The van der Waals surface area contributed by atoms with Gasteiger partial charge >= 0.3 is 0 Å². The molecule has 1 aliphatic heterocycles. The van der Waals surface area contributed by atoms with Crippen LogP contribution in [0.5, 0.6) is 0 Å². The van der Waals surface area contributed by atoms with Crippen molar-refractivity contribution in [3.05, 3.63) is 54.6 Å². The monoisotopic (exact) mass is 343 g/mol. The lowest BCUT2D eigenvalue weighted by Gasteiger charge is -2.33. The molecule has 0 saturated carbocycles. The number of imidazole rings is 1. The van der Waals surface area contributed by atoms with Gasteiger partial charge in [-0.15, -0.1) is 0 Å². The smallest absolute Gasteiger partial charge is 0.155 e. The molecule has 5 nitrogen and oxygen atoms in total. The van der Waals surface area contributed by atoms with E-state index in [1.807, 2.05) is 24.3 Å². The van der Waals surface area contributed by atoms with Gasteiger partial charge in [-0.1, -0.05) is 48.5 Å². The van der Waals surface area contributed by atoms with E-state index in [-0.39, 0.29) is 0 Å². The molecule has 1 aliphatic rings. The Morgan fingerprint density at radius 1 is 0.846 bits per heavy atom. The van der Waals surface area contributed by atoms with Crippen molar-refractivity contribution in [3.63, 3.8) is 0 Å². The maximum atomic E-state index is 5.00. The van der Waals surface area contributed by atoms with Gasteiger partial charge in [0.05, 0.1) is 5.52 Å². The molecular formula is C21H21N5. The fourth-order valence-corrected chi connectivity index (χ4v) is 3.65. The zero-order chi connectivity index (χ0) is 17.5. The minimum Gasteiger partial charge on any atom is -0.352 e. The van der Waals surface area contributed by atoms with Gasteiger partial charge in [-0.3, -0.25) is 0 Å². The highest BCUT2D eigenvalue weighted by atomic mass is 15.3. The summed E-state index contributed by atoms with van der Waals surface area (Å²) in [5, 5.41) is 1.10. The number of aromatic amines is 1. The summed E-state index contributed by atoms with van der Waals surface area (Å²) in [5.41, 5.74) is 4.13. The Bertz CT molecular complexity index is 1060. The number of likely N-dealkylation sites (N-methyl/N-ethyl adjacent to an activating group) is 1. The van der Waals surface area contributed by atoms with Crippen LogP contribution in [0.1, 0.15) is 0 Å². The van der Waals surface area contributed by atoms with Crippen molar-refractivity contribution in [3.8, 4) is 11.4 Å². The minimum atomic E-state index is 0.897. The van der Waals surface area contributed by atoms with Crippen molar-refractivity contribution in [1.82, 2.24) is 19.9 Å². The first-order chi connectivity index (χ1) is 12.8. The molecule has 0 amide bonds. The quantitative estimate of drug-likeness (QED) is 0.605. The van der Waals surface area contributed by atoms with Crippen LogP contribution in [0, 0.1) is 0 Å². The van der Waals surface area contributed by atoms with Gasteiger partial charge < -0.3 is 14.8 Å². The lowest BCUT2D eigenvalue weighted by molar-refractivity contribution is 0.312. The van der Waals surface area contributed by atoms with Crippen LogP contribution in [0.4, 0.5) is 5.82 Å². The second-order valence-corrected chi connectivity index (χ2v) is 6.92. The molecule has 5 rings (SSSR count). The zero-order valence-electron chi connectivity index (χ0n) is 14.8. The Labute approximate surface area is 152 Å². The Hall–Kier alpha value is -2.92. The summed E-state index contributed by atoms with van der Waals surface area (Å²) >= 11 is 0. The average Bonchev–Trinajstić information content (AvgIpc) is 3.14. The molecule has 3 heterocycles. The Balaban J connectivity index is 1.73. The molecule has 0 unspecified atom stereocenters. The van der Waals surface area contributed by atoms with E-state index in [2.05, 4.69) is 52.2 Å². The second kappa shape index (κ2) is 6.11. The van der Waals surface area contributed by atoms with Gasteiger partial charge in [-0.05, 0) is 13.1 Å². The van der Waals surface area contributed by atoms with Crippen LogP contribution in [0.2, 0.25) is 0 Å². The van der Waals surface area contributed by atoms with E-state index in [0.717, 1.165) is 65.3 Å². The third kappa shape index (κ3) is 2.52. The zero-order valence-corrected chi connectivity index (χ0v) is 14.8. The summed E-state index contributed by atoms with van der Waals surface area (Å²) < 4.78 is 0. The van der Waals surface area contributed by atoms with Crippen molar-refractivity contribution < 1.29 is 0 Å². The maximum Gasteiger partial charge on any atom is 0.155 e. The molecule has 130 valence electrons. The van der Waals surface area contributed by atoms with Crippen LogP contribution >= 0.6 is 0 Å². The van der Waals surface area contributed by atoms with Crippen LogP contribution in [0.3, 0.4) is 0 Å². The first-order valence-electron chi connectivity index (χ1n) is 9.07. The van der Waals surface area contributed by atoms with E-state index >= 15 is 0 Å². The predicted octanol–water partition coefficient (Wildman–Crippen LogP) is 3.53. The molecule has 1 fully saturated rings. The third-order valence-corrected chi connectivity index (χ3v) is 5.16. The number of fused-ring (bicyclic) bond motifs is 3. The van der Waals surface area contributed by atoms with E-state index in [9.17, 15) is 0 Å². The van der Waals surface area contributed by atoms with Crippen LogP contribution in [0.15, 0.2) is 54.6 Å². The van der Waals surface area contributed by atoms with Gasteiger partial charge in [0.2, 0.25) is 0 Å². The number of rotatable bonds is 2. The highest BCUT2D eigenvalue weighted by Crippen LogP contribution is 2.32. The summed E-state index contributed by atoms with van der Waals surface area (Å²) in [6.07, 6.45) is 0. The van der Waals surface area contributed by atoms with E-state index in [1.54, 1.807) is 0 Å². The van der Waals surface area contributed by atoms with Gasteiger partial charge in [0.25, 0.3) is 0 Å². The standard InChI is InChI=1S/C21H21N5/c1-25-11-13-26(14-12-25)21-19-18(16-9-5-6-10-17(16)22-21)23-20(24-19)15-7-3-2-4-8-15/h2-10H,11-14H2,1H3,(H,23,24). The molecule has 0 bridgehead atoms. The average molecular weight is 343 g/mol. The van der Waals surface area contributed by atoms with Gasteiger partial charge in [-0.25, -0.2) is 9.97 Å². The number of pyridine rings is 1. The highest BCUT2D eigenvalue weighted by molar-refractivity contribution is 6.07. The second-order valence-electron chi connectivity index (χ2n) is 6.92. The summed E-state index contributed by atoms with van der Waals surface area (Å²) in [4.78, 5) is 18.2. The molecule has 2 aromatic carbocycles. The molecule has 0 aliphatic carbocycles. The van der Waals surface area contributed by atoms with Crippen molar-refractivity contribution in [1.29, 1.82) is 0 Å². The van der Waals surface area contributed by atoms with Gasteiger partial charge in [0, 0.05) is 37.1 Å². The molecule has 1 N–H and O–H groups in total. The number of benzene rings is 2. The van der Waals surface area contributed by atoms with Crippen LogP contribution in [-0.4, -0.2) is 53.1 Å². The van der Waals surface area contributed by atoms with Crippen LogP contribution < -0.4 is 4.90 Å². The minimum absolute atomic E-state index is 0.897. The topological polar surface area (TPSA) is 48.1 Å². The van der Waals surface area contributed by atoms with Crippen molar-refractivity contribution in [2.24, 2.45) is 0 Å². The van der Waals surface area contributed by atoms with E-state index < -0.39 is 0 Å². The lowest BCUT2D eigenvalue weighted by Crippen LogP contribution is -2.44. The lowest BCUT2D eigenvalue weighted by atomic mass is 10.2. The number of hydrogen-bond donors (Lipinski definition) is 1. The molecule has 0 radical (unpaired) electrons. The van der Waals surface area contributed by atoms with E-state index in [4.69, 9.17) is 9.97 Å². The summed E-state index contributed by atoms with van der Waals surface area (Å²) in [6, 6.07) is 18.6. The molecule has 1 saturated heterocycles. The molecular weight excluding hydrogens is 322 g/mol. The molecule has 2 aromatic heterocycles. The van der Waals surface area contributed by atoms with Crippen molar-refractivity contribution in [2.45, 2.75) is 0 Å². The molecule has 5 heteroatoms. The van der Waals surface area contributed by atoms with E-state index in [0.29, 0.717) is 0 Å².